The Morgan fingerprint density at radius 3 is 0.676 bits per heavy atom. The zero-order valence-electron chi connectivity index (χ0n) is 45.8. The Kier molecular flexibility index (Phi) is 50.0. The van der Waals surface area contributed by atoms with E-state index in [1.807, 2.05) is 211 Å². The molecule has 0 atom stereocenters. The molecule has 68 heavy (non-hydrogen) atoms. The molecule has 0 heterocycles. The topological polar surface area (TPSA) is 109 Å². The van der Waals surface area contributed by atoms with E-state index < -0.39 is 0 Å². The van der Waals surface area contributed by atoms with Crippen molar-refractivity contribution < 1.29 is 24.0 Å². The number of nitriles is 1. The summed E-state index contributed by atoms with van der Waals surface area (Å²) >= 11 is 0. The maximum atomic E-state index is 10.8. The van der Waals surface area contributed by atoms with Crippen LogP contribution in [-0.4, -0.2) is 28.9 Å². The van der Waals surface area contributed by atoms with E-state index in [4.69, 9.17) is 5.26 Å². The largest absolute Gasteiger partial charge is 0.299 e. The van der Waals surface area contributed by atoms with Gasteiger partial charge >= 0.3 is 0 Å². The van der Waals surface area contributed by atoms with Gasteiger partial charge in [0.2, 0.25) is 0 Å². The van der Waals surface area contributed by atoms with Gasteiger partial charge in [-0.15, -0.1) is 0 Å². The van der Waals surface area contributed by atoms with Crippen LogP contribution >= 0.6 is 0 Å². The second kappa shape index (κ2) is 42.4. The number of carbonyl (C=O) groups is 5. The summed E-state index contributed by atoms with van der Waals surface area (Å²) in [5.74, 6) is 1.66. The van der Waals surface area contributed by atoms with Crippen molar-refractivity contribution in [3.63, 3.8) is 0 Å². The summed E-state index contributed by atoms with van der Waals surface area (Å²) in [6, 6.07) is 32.4. The third kappa shape index (κ3) is 52.2. The monoisotopic (exact) mass is 946 g/mol. The van der Waals surface area contributed by atoms with Crippen LogP contribution in [0.25, 0.3) is 6.08 Å². The number of rotatable bonds is 6. The van der Waals surface area contributed by atoms with E-state index in [9.17, 15) is 24.0 Å². The molecule has 0 fully saturated rings. The van der Waals surface area contributed by atoms with Gasteiger partial charge in [0.25, 0.3) is 0 Å². The Labute approximate surface area is 422 Å². The zero-order valence-corrected chi connectivity index (χ0v) is 45.8. The van der Waals surface area contributed by atoms with Crippen LogP contribution in [-0.2, 0) is 24.0 Å². The number of carbonyl (C=O) groups excluding carboxylic acids is 5. The lowest BCUT2D eigenvalue weighted by molar-refractivity contribution is -0.126. The molecule has 390 valence electrons. The summed E-state index contributed by atoms with van der Waals surface area (Å²) in [6.07, 6.45) is 5.14. The molecule has 6 heteroatoms. The first kappa shape index (κ1) is 80.3. The van der Waals surface area contributed by atoms with Crippen molar-refractivity contribution in [1.82, 2.24) is 0 Å². The van der Waals surface area contributed by atoms with Crippen LogP contribution in [0.15, 0.2) is 96.6 Å². The van der Waals surface area contributed by atoms with Gasteiger partial charge in [-0.1, -0.05) is 263 Å². The molecule has 0 aromatic heterocycles. The highest BCUT2D eigenvalue weighted by Gasteiger charge is 2.20. The average molecular weight is 947 g/mol. The first-order valence-corrected chi connectivity index (χ1v) is 23.4. The molecular formula is C62H107NO5. The number of ketones is 5. The first-order valence-electron chi connectivity index (χ1n) is 23.4. The molecule has 0 radical (unpaired) electrons. The maximum Gasteiger partial charge on any atom is 0.137 e. The number of hydrogen-bond donors (Lipinski definition) is 0. The van der Waals surface area contributed by atoms with Crippen molar-refractivity contribution in [3.8, 4) is 6.07 Å². The predicted octanol–water partition coefficient (Wildman–Crippen LogP) is 18.6. The lowest BCUT2D eigenvalue weighted by atomic mass is 9.89. The predicted molar refractivity (Wildman–Crippen MR) is 302 cm³/mol. The Hall–Kier alpha value is -4.76. The summed E-state index contributed by atoms with van der Waals surface area (Å²) in [4.78, 5) is 54.2. The van der Waals surface area contributed by atoms with Gasteiger partial charge in [-0.2, -0.15) is 5.26 Å². The van der Waals surface area contributed by atoms with Gasteiger partial charge in [0.1, 0.15) is 28.9 Å². The summed E-state index contributed by atoms with van der Waals surface area (Å²) in [7, 11) is 0. The molecular weight excluding hydrogens is 839 g/mol. The van der Waals surface area contributed by atoms with Gasteiger partial charge in [-0.3, -0.25) is 24.0 Å². The van der Waals surface area contributed by atoms with Crippen molar-refractivity contribution >= 4 is 35.0 Å². The van der Waals surface area contributed by atoms with Crippen LogP contribution in [0.1, 0.15) is 216 Å². The molecule has 0 unspecified atom stereocenters. The van der Waals surface area contributed by atoms with Gasteiger partial charge in [0, 0.05) is 64.8 Å². The first-order chi connectivity index (χ1) is 29.5. The van der Waals surface area contributed by atoms with Crippen LogP contribution in [0.5, 0.6) is 0 Å². The molecule has 0 aliphatic carbocycles. The number of Topliss-reactive ketones (excluding diaryl/α,β-unsaturated/α-hetero) is 5. The van der Waals surface area contributed by atoms with Gasteiger partial charge in [0.15, 0.2) is 0 Å². The smallest absolute Gasteiger partial charge is 0.137 e. The molecule has 0 bridgehead atoms. The third-order valence-corrected chi connectivity index (χ3v) is 9.03. The number of aryl methyl sites for hydroxylation is 2. The van der Waals surface area contributed by atoms with Crippen LogP contribution in [0, 0.1) is 52.3 Å². The molecule has 0 spiro atoms. The fraction of sp³-hybridized carbons (Fsp3) is 0.581. The van der Waals surface area contributed by atoms with Crippen molar-refractivity contribution in [2.45, 2.75) is 214 Å². The molecule has 0 saturated carbocycles. The highest BCUT2D eigenvalue weighted by atomic mass is 16.1. The van der Waals surface area contributed by atoms with Crippen molar-refractivity contribution in [2.75, 3.05) is 0 Å². The van der Waals surface area contributed by atoms with Gasteiger partial charge < -0.3 is 0 Å². The molecule has 3 rings (SSSR count). The van der Waals surface area contributed by atoms with Crippen LogP contribution in [0.3, 0.4) is 0 Å². The van der Waals surface area contributed by atoms with Gasteiger partial charge in [-0.25, -0.2) is 0 Å². The Morgan fingerprint density at radius 1 is 0.397 bits per heavy atom. The van der Waals surface area contributed by atoms with Gasteiger partial charge in [-0.05, 0) is 32.4 Å². The second-order valence-electron chi connectivity index (χ2n) is 20.8. The molecule has 6 nitrogen and oxygen atoms in total. The number of benzene rings is 3. The van der Waals surface area contributed by atoms with Crippen molar-refractivity contribution in [2.24, 2.45) is 27.1 Å². The van der Waals surface area contributed by atoms with E-state index in [0.29, 0.717) is 61.0 Å². The molecule has 0 aliphatic heterocycles. The minimum atomic E-state index is -0.130. The minimum Gasteiger partial charge on any atom is -0.299 e. The SMILES string of the molecule is C.C.C.C/C(C#N)=C/c1ccccc1.CCC(=O)C(C)(C)C.CCC(=O)C(C)(C)C.CCC(=O)C(C)(C)C.CCC(=O)C(C)(C)C.CCC(=O)C(C)(C)C.Cc1ccccc1.Cc1ccccc1. The fourth-order valence-corrected chi connectivity index (χ4v) is 4.55. The van der Waals surface area contributed by atoms with E-state index >= 15 is 0 Å². The zero-order chi connectivity index (χ0) is 52.3. The molecule has 0 aliphatic rings. The van der Waals surface area contributed by atoms with Crippen LogP contribution in [0.2, 0.25) is 0 Å². The van der Waals surface area contributed by atoms with E-state index in [-0.39, 0.29) is 49.4 Å². The number of hydrogen-bond acceptors (Lipinski definition) is 6. The summed E-state index contributed by atoms with van der Waals surface area (Å²) in [6.45, 7) is 44.6. The molecule has 3 aromatic carbocycles. The summed E-state index contributed by atoms with van der Waals surface area (Å²) in [5, 5.41) is 8.48. The van der Waals surface area contributed by atoms with E-state index in [0.717, 1.165) is 11.1 Å². The lowest BCUT2D eigenvalue weighted by Crippen LogP contribution is -2.18. The highest BCUT2D eigenvalue weighted by Crippen LogP contribution is 2.18. The van der Waals surface area contributed by atoms with E-state index in [1.165, 1.54) is 11.1 Å². The Bertz CT molecular complexity index is 1590. The van der Waals surface area contributed by atoms with Crippen molar-refractivity contribution in [3.05, 3.63) is 113 Å². The molecule has 0 N–H and O–H groups in total. The third-order valence-electron chi connectivity index (χ3n) is 9.03. The summed E-state index contributed by atoms with van der Waals surface area (Å²) in [5.41, 5.74) is 3.80. The molecule has 0 amide bonds. The van der Waals surface area contributed by atoms with Crippen LogP contribution < -0.4 is 0 Å². The number of nitrogens with zero attached hydrogens (tertiary/aromatic N) is 1. The Morgan fingerprint density at radius 2 is 0.574 bits per heavy atom. The second-order valence-corrected chi connectivity index (χ2v) is 20.8. The highest BCUT2D eigenvalue weighted by molar-refractivity contribution is 5.84. The number of allylic oxidation sites excluding steroid dienone is 1. The lowest BCUT2D eigenvalue weighted by Gasteiger charge is -2.13. The summed E-state index contributed by atoms with van der Waals surface area (Å²) < 4.78 is 0. The van der Waals surface area contributed by atoms with E-state index in [1.54, 1.807) is 6.92 Å². The quantitative estimate of drug-likeness (QED) is 0.228. The van der Waals surface area contributed by atoms with E-state index in [2.05, 4.69) is 44.2 Å². The molecule has 0 saturated heterocycles. The Balaban J connectivity index is -0.000000101. The normalized spacial score (nSPS) is 10.3. The standard InChI is InChI=1S/C10H9N.5C7H14O.2C7H8.3CH4/c1-9(8-11)7-10-5-3-2-4-6-10;5*1-5-6(8)7(2,3)4;2*1-7-5-3-2-4-6-7;;;/h2-7H,1H3;5*5H2,1-4H3;2*2-6H,1H3;3*1H4/b9-7-;;;;;;;;;;. The maximum absolute atomic E-state index is 10.8. The van der Waals surface area contributed by atoms with Crippen molar-refractivity contribution in [1.29, 1.82) is 5.26 Å². The minimum absolute atomic E-state index is 0. The van der Waals surface area contributed by atoms with Crippen LogP contribution in [0.4, 0.5) is 0 Å². The van der Waals surface area contributed by atoms with Gasteiger partial charge in [0.05, 0.1) is 6.07 Å². The molecule has 3 aromatic rings. The fourth-order valence-electron chi connectivity index (χ4n) is 4.55. The average Bonchev–Trinajstić information content (AvgIpc) is 3.22.